The summed E-state index contributed by atoms with van der Waals surface area (Å²) in [6.45, 7) is 5.63. The molecule has 1 amide bonds. The second kappa shape index (κ2) is 10.2. The largest absolute Gasteiger partial charge is 0.350 e. The molecule has 32 heavy (non-hydrogen) atoms. The number of halogens is 1. The minimum atomic E-state index is -3.98. The van der Waals surface area contributed by atoms with Crippen LogP contribution in [0.3, 0.4) is 0 Å². The molecule has 2 N–H and O–H groups in total. The van der Waals surface area contributed by atoms with Gasteiger partial charge < -0.3 is 5.32 Å². The number of carbonyl (C=O) groups is 1. The number of carbonyl (C=O) groups excluding carboxylic acids is 1. The van der Waals surface area contributed by atoms with Crippen molar-refractivity contribution in [1.82, 2.24) is 5.32 Å². The van der Waals surface area contributed by atoms with E-state index in [1.165, 1.54) is 23.8 Å². The van der Waals surface area contributed by atoms with Crippen LogP contribution in [-0.2, 0) is 16.4 Å². The van der Waals surface area contributed by atoms with Gasteiger partial charge in [0.25, 0.3) is 15.9 Å². The van der Waals surface area contributed by atoms with Gasteiger partial charge in [-0.25, -0.2) is 8.42 Å². The molecule has 0 aromatic heterocycles. The van der Waals surface area contributed by atoms with E-state index in [0.29, 0.717) is 5.69 Å². The summed E-state index contributed by atoms with van der Waals surface area (Å²) in [5.41, 5.74) is 3.63. The van der Waals surface area contributed by atoms with E-state index >= 15 is 0 Å². The number of sulfonamides is 1. The van der Waals surface area contributed by atoms with Gasteiger partial charge >= 0.3 is 0 Å². The van der Waals surface area contributed by atoms with Crippen LogP contribution in [0.2, 0.25) is 5.02 Å². The van der Waals surface area contributed by atoms with E-state index in [4.69, 9.17) is 11.6 Å². The van der Waals surface area contributed by atoms with Crippen molar-refractivity contribution in [3.05, 3.63) is 94.0 Å². The van der Waals surface area contributed by atoms with Crippen LogP contribution in [0.4, 0.5) is 5.69 Å². The van der Waals surface area contributed by atoms with Crippen molar-refractivity contribution in [3.8, 4) is 0 Å². The summed E-state index contributed by atoms with van der Waals surface area (Å²) in [6.07, 6.45) is 1.60. The summed E-state index contributed by atoms with van der Waals surface area (Å²) in [6, 6.07) is 19.7. The monoisotopic (exact) mass is 470 g/mol. The van der Waals surface area contributed by atoms with Gasteiger partial charge in [0.05, 0.1) is 10.7 Å². The van der Waals surface area contributed by atoms with E-state index in [2.05, 4.69) is 10.0 Å². The average molecular weight is 471 g/mol. The molecule has 0 aliphatic heterocycles. The number of aryl methyl sites for hydroxylation is 3. The standard InChI is InChI=1S/C25H27ClN2O3S/c1-17-9-10-18(2)23(15-17)28-32(30,31)24-16-21(13-14-22(24)26)25(29)27-19(3)11-12-20-7-5-4-6-8-20/h4-10,13-16,19,28H,11-12H2,1-3H3,(H,27,29)/t19-/m0/s1. The maximum atomic E-state index is 13.0. The number of anilines is 1. The lowest BCUT2D eigenvalue weighted by Gasteiger charge is -2.16. The summed E-state index contributed by atoms with van der Waals surface area (Å²) in [5, 5.41) is 2.99. The molecule has 5 nitrogen and oxygen atoms in total. The third-order valence-electron chi connectivity index (χ3n) is 5.21. The van der Waals surface area contributed by atoms with Gasteiger partial charge in [0.15, 0.2) is 0 Å². The average Bonchev–Trinajstić information content (AvgIpc) is 2.75. The molecule has 7 heteroatoms. The zero-order chi connectivity index (χ0) is 23.3. The fraction of sp³-hybridized carbons (Fsp3) is 0.240. The van der Waals surface area contributed by atoms with Crippen LogP contribution in [0, 0.1) is 13.8 Å². The molecule has 0 spiro atoms. The van der Waals surface area contributed by atoms with Crippen LogP contribution >= 0.6 is 11.6 Å². The van der Waals surface area contributed by atoms with Crippen LogP contribution in [0.25, 0.3) is 0 Å². The highest BCUT2D eigenvalue weighted by atomic mass is 35.5. The molecule has 3 rings (SSSR count). The van der Waals surface area contributed by atoms with Crippen LogP contribution < -0.4 is 10.0 Å². The summed E-state index contributed by atoms with van der Waals surface area (Å²) >= 11 is 6.20. The number of hydrogen-bond acceptors (Lipinski definition) is 3. The first-order valence-electron chi connectivity index (χ1n) is 10.4. The first-order chi connectivity index (χ1) is 15.2. The van der Waals surface area contributed by atoms with Crippen molar-refractivity contribution in [3.63, 3.8) is 0 Å². The maximum Gasteiger partial charge on any atom is 0.263 e. The van der Waals surface area contributed by atoms with Gasteiger partial charge in [0, 0.05) is 11.6 Å². The topological polar surface area (TPSA) is 75.3 Å². The van der Waals surface area contributed by atoms with Gasteiger partial charge in [-0.15, -0.1) is 0 Å². The number of nitrogens with one attached hydrogen (secondary N) is 2. The van der Waals surface area contributed by atoms with E-state index in [9.17, 15) is 13.2 Å². The van der Waals surface area contributed by atoms with Gasteiger partial charge in [-0.1, -0.05) is 54.1 Å². The van der Waals surface area contributed by atoms with Gasteiger partial charge in [0.1, 0.15) is 4.90 Å². The Morgan fingerprint density at radius 1 is 1.00 bits per heavy atom. The SMILES string of the molecule is Cc1ccc(C)c(NS(=O)(=O)c2cc(C(=O)N[C@@H](C)CCc3ccccc3)ccc2Cl)c1. The highest BCUT2D eigenvalue weighted by Gasteiger charge is 2.21. The molecule has 0 aliphatic carbocycles. The lowest BCUT2D eigenvalue weighted by atomic mass is 10.1. The van der Waals surface area contributed by atoms with E-state index < -0.39 is 10.0 Å². The number of amides is 1. The van der Waals surface area contributed by atoms with Crippen molar-refractivity contribution in [2.75, 3.05) is 4.72 Å². The maximum absolute atomic E-state index is 13.0. The lowest BCUT2D eigenvalue weighted by Crippen LogP contribution is -2.33. The molecule has 0 bridgehead atoms. The first-order valence-corrected chi connectivity index (χ1v) is 12.3. The first kappa shape index (κ1) is 23.8. The van der Waals surface area contributed by atoms with Crippen molar-refractivity contribution < 1.29 is 13.2 Å². The minimum Gasteiger partial charge on any atom is -0.350 e. The molecule has 0 saturated heterocycles. The Kier molecular flexibility index (Phi) is 7.59. The normalized spacial score (nSPS) is 12.2. The Labute approximate surface area is 194 Å². The zero-order valence-electron chi connectivity index (χ0n) is 18.4. The fourth-order valence-electron chi connectivity index (χ4n) is 3.30. The van der Waals surface area contributed by atoms with Crippen molar-refractivity contribution in [1.29, 1.82) is 0 Å². The van der Waals surface area contributed by atoms with E-state index in [1.807, 2.05) is 63.2 Å². The second-order valence-corrected chi connectivity index (χ2v) is 10.0. The van der Waals surface area contributed by atoms with Crippen LogP contribution in [0.5, 0.6) is 0 Å². The molecule has 0 fully saturated rings. The molecule has 0 aliphatic rings. The van der Waals surface area contributed by atoms with Crippen molar-refractivity contribution in [2.45, 2.75) is 44.6 Å². The second-order valence-electron chi connectivity index (χ2n) is 7.97. The van der Waals surface area contributed by atoms with E-state index in [-0.39, 0.29) is 27.4 Å². The van der Waals surface area contributed by atoms with Crippen molar-refractivity contribution >= 4 is 33.2 Å². The molecule has 168 valence electrons. The van der Waals surface area contributed by atoms with Crippen LogP contribution in [0.15, 0.2) is 71.6 Å². The smallest absolute Gasteiger partial charge is 0.263 e. The van der Waals surface area contributed by atoms with Crippen LogP contribution in [0.1, 0.15) is 40.4 Å². The Bertz CT molecular complexity index is 1210. The molecule has 0 radical (unpaired) electrons. The van der Waals surface area contributed by atoms with Gasteiger partial charge in [0.2, 0.25) is 0 Å². The molecule has 0 saturated carbocycles. The minimum absolute atomic E-state index is 0.0523. The molecular formula is C25H27ClN2O3S. The third kappa shape index (κ3) is 6.11. The molecule has 3 aromatic rings. The van der Waals surface area contributed by atoms with E-state index in [1.54, 1.807) is 6.07 Å². The quantitative estimate of drug-likeness (QED) is 0.455. The Balaban J connectivity index is 1.74. The molecule has 0 heterocycles. The van der Waals surface area contributed by atoms with Gasteiger partial charge in [-0.3, -0.25) is 9.52 Å². The predicted molar refractivity (Wildman–Crippen MR) is 130 cm³/mol. The van der Waals surface area contributed by atoms with Crippen molar-refractivity contribution in [2.24, 2.45) is 0 Å². The number of benzene rings is 3. The lowest BCUT2D eigenvalue weighted by molar-refractivity contribution is 0.0938. The predicted octanol–water partition coefficient (Wildman–Crippen LogP) is 5.51. The molecular weight excluding hydrogens is 444 g/mol. The van der Waals surface area contributed by atoms with Crippen LogP contribution in [-0.4, -0.2) is 20.4 Å². The summed E-state index contributed by atoms with van der Waals surface area (Å²) < 4.78 is 28.6. The zero-order valence-corrected chi connectivity index (χ0v) is 19.9. The summed E-state index contributed by atoms with van der Waals surface area (Å²) in [7, 11) is -3.98. The highest BCUT2D eigenvalue weighted by molar-refractivity contribution is 7.92. The van der Waals surface area contributed by atoms with Gasteiger partial charge in [-0.05, 0) is 74.6 Å². The number of rotatable bonds is 8. The van der Waals surface area contributed by atoms with Gasteiger partial charge in [-0.2, -0.15) is 0 Å². The Morgan fingerprint density at radius 2 is 1.72 bits per heavy atom. The summed E-state index contributed by atoms with van der Waals surface area (Å²) in [4.78, 5) is 12.6. The third-order valence-corrected chi connectivity index (χ3v) is 7.05. The summed E-state index contributed by atoms with van der Waals surface area (Å²) in [5.74, 6) is -0.342. The highest BCUT2D eigenvalue weighted by Crippen LogP contribution is 2.27. The Hall–Kier alpha value is -2.83. The molecule has 3 aromatic carbocycles. The van der Waals surface area contributed by atoms with E-state index in [0.717, 1.165) is 24.0 Å². The Morgan fingerprint density at radius 3 is 2.44 bits per heavy atom. The molecule has 1 atom stereocenters. The fourth-order valence-corrected chi connectivity index (χ4v) is 4.95. The number of hydrogen-bond donors (Lipinski definition) is 2. The molecule has 0 unspecified atom stereocenters.